The van der Waals surface area contributed by atoms with Crippen LogP contribution in [0.1, 0.15) is 60.7 Å². The summed E-state index contributed by atoms with van der Waals surface area (Å²) in [5.74, 6) is -0.757. The number of hydrogen-bond acceptors (Lipinski definition) is 5. The van der Waals surface area contributed by atoms with Crippen molar-refractivity contribution in [3.63, 3.8) is 0 Å². The summed E-state index contributed by atoms with van der Waals surface area (Å²) in [6.45, 7) is 4.70. The highest BCUT2D eigenvalue weighted by Crippen LogP contribution is 2.18. The van der Waals surface area contributed by atoms with Gasteiger partial charge in [-0.1, -0.05) is 19.3 Å². The lowest BCUT2D eigenvalue weighted by Gasteiger charge is -2.24. The summed E-state index contributed by atoms with van der Waals surface area (Å²) in [6, 6.07) is 1.40. The van der Waals surface area contributed by atoms with Gasteiger partial charge in [-0.3, -0.25) is 4.79 Å². The fraction of sp³-hybridized carbons (Fsp3) is 0.588. The fourth-order valence-corrected chi connectivity index (χ4v) is 2.90. The second-order valence-corrected chi connectivity index (χ2v) is 6.07. The van der Waals surface area contributed by atoms with E-state index in [2.05, 4.69) is 5.32 Å². The van der Waals surface area contributed by atoms with Gasteiger partial charge in [-0.25, -0.2) is 9.59 Å². The Morgan fingerprint density at radius 1 is 1.26 bits per heavy atom. The third kappa shape index (κ3) is 4.43. The van der Waals surface area contributed by atoms with Gasteiger partial charge >= 0.3 is 11.6 Å². The zero-order valence-electron chi connectivity index (χ0n) is 13.8. The van der Waals surface area contributed by atoms with Crippen LogP contribution in [0.15, 0.2) is 15.3 Å². The van der Waals surface area contributed by atoms with Crippen LogP contribution in [0.3, 0.4) is 0 Å². The van der Waals surface area contributed by atoms with Gasteiger partial charge in [-0.05, 0) is 39.2 Å². The maximum Gasteiger partial charge on any atom is 0.342 e. The van der Waals surface area contributed by atoms with Crippen LogP contribution in [0.5, 0.6) is 0 Å². The highest BCUT2D eigenvalue weighted by molar-refractivity contribution is 5.94. The highest BCUT2D eigenvalue weighted by atomic mass is 16.5. The van der Waals surface area contributed by atoms with E-state index in [0.717, 1.165) is 25.7 Å². The number of esters is 1. The lowest BCUT2D eigenvalue weighted by molar-refractivity contribution is -0.130. The second-order valence-electron chi connectivity index (χ2n) is 6.07. The Morgan fingerprint density at radius 3 is 2.52 bits per heavy atom. The Labute approximate surface area is 135 Å². The van der Waals surface area contributed by atoms with Crippen molar-refractivity contribution in [2.75, 3.05) is 0 Å². The molecular formula is C17H23NO5. The van der Waals surface area contributed by atoms with Crippen LogP contribution < -0.4 is 10.9 Å². The minimum Gasteiger partial charge on any atom is -0.449 e. The summed E-state index contributed by atoms with van der Waals surface area (Å²) in [4.78, 5) is 35.6. The predicted octanol–water partition coefficient (Wildman–Crippen LogP) is 2.25. The molecule has 0 unspecified atom stereocenters. The van der Waals surface area contributed by atoms with Gasteiger partial charge in [0.2, 0.25) is 0 Å². The minimum atomic E-state index is -0.893. The monoisotopic (exact) mass is 321 g/mol. The summed E-state index contributed by atoms with van der Waals surface area (Å²) in [5.41, 5.74) is 0.158. The Hall–Kier alpha value is -2.11. The van der Waals surface area contributed by atoms with Crippen molar-refractivity contribution in [3.05, 3.63) is 33.4 Å². The lowest BCUT2D eigenvalue weighted by Crippen LogP contribution is -2.42. The average molecular weight is 321 g/mol. The fourth-order valence-electron chi connectivity index (χ4n) is 2.90. The molecule has 1 saturated carbocycles. The van der Waals surface area contributed by atoms with Crippen LogP contribution in [0.25, 0.3) is 0 Å². The van der Waals surface area contributed by atoms with Gasteiger partial charge in [0.05, 0.1) is 0 Å². The standard InChI is InChI=1S/C17H23NO5/c1-10-9-14(19)22-11(2)15(10)17(21)23-12(3)16(20)18-13-7-5-4-6-8-13/h9,12-13H,4-8H2,1-3H3,(H,18,20)/t12-/m1/s1. The van der Waals surface area contributed by atoms with Crippen molar-refractivity contribution < 1.29 is 18.7 Å². The molecule has 0 aromatic carbocycles. The molecule has 0 saturated heterocycles. The molecule has 1 atom stereocenters. The van der Waals surface area contributed by atoms with Crippen molar-refractivity contribution in [3.8, 4) is 0 Å². The molecule has 1 fully saturated rings. The van der Waals surface area contributed by atoms with E-state index in [1.165, 1.54) is 19.4 Å². The van der Waals surface area contributed by atoms with Gasteiger partial charge in [0.15, 0.2) is 6.10 Å². The zero-order chi connectivity index (χ0) is 17.0. The number of aryl methyl sites for hydroxylation is 2. The van der Waals surface area contributed by atoms with Gasteiger partial charge in [0, 0.05) is 12.1 Å². The van der Waals surface area contributed by atoms with E-state index in [1.54, 1.807) is 13.8 Å². The Balaban J connectivity index is 1.99. The van der Waals surface area contributed by atoms with Crippen LogP contribution in [0.2, 0.25) is 0 Å². The number of carbonyl (C=O) groups excluding carboxylic acids is 2. The molecule has 126 valence electrons. The predicted molar refractivity (Wildman–Crippen MR) is 84.3 cm³/mol. The molecule has 1 heterocycles. The van der Waals surface area contributed by atoms with E-state index >= 15 is 0 Å². The summed E-state index contributed by atoms with van der Waals surface area (Å²) in [6.07, 6.45) is 4.47. The van der Waals surface area contributed by atoms with Crippen LogP contribution in [-0.4, -0.2) is 24.0 Å². The normalized spacial score (nSPS) is 16.7. The Kier molecular flexibility index (Phi) is 5.58. The molecule has 6 nitrogen and oxygen atoms in total. The molecule has 1 N–H and O–H groups in total. The van der Waals surface area contributed by atoms with Crippen LogP contribution in [-0.2, 0) is 9.53 Å². The van der Waals surface area contributed by atoms with Crippen molar-refractivity contribution in [1.82, 2.24) is 5.32 Å². The largest absolute Gasteiger partial charge is 0.449 e. The number of carbonyl (C=O) groups is 2. The van der Waals surface area contributed by atoms with E-state index < -0.39 is 17.7 Å². The lowest BCUT2D eigenvalue weighted by atomic mass is 9.95. The molecule has 1 aromatic heterocycles. The van der Waals surface area contributed by atoms with E-state index in [-0.39, 0.29) is 23.3 Å². The summed E-state index contributed by atoms with van der Waals surface area (Å²) >= 11 is 0. The van der Waals surface area contributed by atoms with Crippen LogP contribution >= 0.6 is 0 Å². The van der Waals surface area contributed by atoms with Gasteiger partial charge in [0.25, 0.3) is 5.91 Å². The van der Waals surface area contributed by atoms with Crippen molar-refractivity contribution in [2.24, 2.45) is 0 Å². The van der Waals surface area contributed by atoms with Crippen LogP contribution in [0, 0.1) is 13.8 Å². The quantitative estimate of drug-likeness (QED) is 0.860. The van der Waals surface area contributed by atoms with Crippen molar-refractivity contribution in [1.29, 1.82) is 0 Å². The molecule has 23 heavy (non-hydrogen) atoms. The number of amides is 1. The first-order valence-corrected chi connectivity index (χ1v) is 8.01. The van der Waals surface area contributed by atoms with E-state index in [9.17, 15) is 14.4 Å². The minimum absolute atomic E-state index is 0.163. The smallest absolute Gasteiger partial charge is 0.342 e. The summed E-state index contributed by atoms with van der Waals surface area (Å²) in [5, 5.41) is 2.92. The highest BCUT2D eigenvalue weighted by Gasteiger charge is 2.25. The summed E-state index contributed by atoms with van der Waals surface area (Å²) in [7, 11) is 0. The van der Waals surface area contributed by atoms with Crippen molar-refractivity contribution >= 4 is 11.9 Å². The maximum atomic E-state index is 12.2. The number of rotatable bonds is 4. The zero-order valence-corrected chi connectivity index (χ0v) is 13.8. The summed E-state index contributed by atoms with van der Waals surface area (Å²) < 4.78 is 10.1. The first-order chi connectivity index (χ1) is 10.9. The first-order valence-electron chi connectivity index (χ1n) is 8.01. The molecule has 1 aliphatic carbocycles. The third-order valence-corrected chi connectivity index (χ3v) is 4.14. The maximum absolute atomic E-state index is 12.2. The molecule has 1 amide bonds. The number of hydrogen-bond donors (Lipinski definition) is 1. The molecule has 2 rings (SSSR count). The third-order valence-electron chi connectivity index (χ3n) is 4.14. The van der Waals surface area contributed by atoms with Gasteiger partial charge < -0.3 is 14.5 Å². The topological polar surface area (TPSA) is 85.6 Å². The molecule has 0 radical (unpaired) electrons. The van der Waals surface area contributed by atoms with Gasteiger partial charge in [0.1, 0.15) is 11.3 Å². The van der Waals surface area contributed by atoms with Gasteiger partial charge in [-0.2, -0.15) is 0 Å². The number of nitrogens with one attached hydrogen (secondary N) is 1. The van der Waals surface area contributed by atoms with E-state index in [4.69, 9.17) is 9.15 Å². The SMILES string of the molecule is Cc1cc(=O)oc(C)c1C(=O)O[C@H](C)C(=O)NC1CCCCC1. The van der Waals surface area contributed by atoms with E-state index in [1.807, 2.05) is 0 Å². The molecule has 6 heteroatoms. The molecule has 1 aromatic rings. The van der Waals surface area contributed by atoms with Crippen molar-refractivity contribution in [2.45, 2.75) is 65.0 Å². The Morgan fingerprint density at radius 2 is 1.91 bits per heavy atom. The van der Waals surface area contributed by atoms with Crippen LogP contribution in [0.4, 0.5) is 0 Å². The molecule has 0 bridgehead atoms. The van der Waals surface area contributed by atoms with E-state index in [0.29, 0.717) is 5.56 Å². The average Bonchev–Trinajstić information content (AvgIpc) is 2.47. The molecular weight excluding hydrogens is 298 g/mol. The second kappa shape index (κ2) is 7.44. The molecule has 0 aliphatic heterocycles. The molecule has 0 spiro atoms. The van der Waals surface area contributed by atoms with Gasteiger partial charge in [-0.15, -0.1) is 0 Å². The first kappa shape index (κ1) is 17.2. The Bertz CT molecular complexity index is 617. The molecule has 1 aliphatic rings. The number of ether oxygens (including phenoxy) is 1.